The number of hydrogen-bond acceptors (Lipinski definition) is 5. The smallest absolute Gasteiger partial charge is 0.275 e. The summed E-state index contributed by atoms with van der Waals surface area (Å²) < 4.78 is 10.5. The molecule has 0 bridgehead atoms. The first kappa shape index (κ1) is 18.3. The Morgan fingerprint density at radius 2 is 1.63 bits per heavy atom. The van der Waals surface area contributed by atoms with Crippen molar-refractivity contribution in [1.29, 1.82) is 0 Å². The fraction of sp³-hybridized carbons (Fsp3) is 0.143. The van der Waals surface area contributed by atoms with E-state index in [-0.39, 0.29) is 11.3 Å². The van der Waals surface area contributed by atoms with Crippen LogP contribution in [0.1, 0.15) is 22.8 Å². The summed E-state index contributed by atoms with van der Waals surface area (Å²) in [5, 5.41) is 16.0. The van der Waals surface area contributed by atoms with E-state index in [1.807, 2.05) is 30.3 Å². The number of carbonyl (C=O) groups is 1. The molecule has 6 nitrogen and oxygen atoms in total. The molecule has 0 fully saturated rings. The molecular weight excluding hydrogens is 344 g/mol. The minimum absolute atomic E-state index is 0.0924. The quantitative estimate of drug-likeness (QED) is 0.534. The van der Waals surface area contributed by atoms with Crippen LogP contribution in [0.4, 0.5) is 0 Å². The highest BCUT2D eigenvalue weighted by molar-refractivity contribution is 6.03. The van der Waals surface area contributed by atoms with Crippen molar-refractivity contribution in [3.8, 4) is 17.2 Å². The molecule has 0 aromatic heterocycles. The van der Waals surface area contributed by atoms with Crippen LogP contribution in [0.5, 0.6) is 17.2 Å². The third kappa shape index (κ3) is 3.84. The van der Waals surface area contributed by atoms with E-state index in [1.165, 1.54) is 0 Å². The lowest BCUT2D eigenvalue weighted by Crippen LogP contribution is -2.19. The van der Waals surface area contributed by atoms with Crippen molar-refractivity contribution >= 4 is 22.4 Å². The molecule has 3 rings (SSSR count). The second kappa shape index (κ2) is 7.78. The van der Waals surface area contributed by atoms with E-state index in [0.29, 0.717) is 17.2 Å². The number of nitrogens with one attached hydrogen (secondary N) is 1. The SMILES string of the molecule is COc1ccc(/C(C)=N\NC(=O)c2cc3ccccc3cc2O)cc1OC. The number of ether oxygens (including phenoxy) is 2. The van der Waals surface area contributed by atoms with Gasteiger partial charge in [-0.1, -0.05) is 24.3 Å². The topological polar surface area (TPSA) is 80.2 Å². The maximum absolute atomic E-state index is 12.4. The van der Waals surface area contributed by atoms with Gasteiger partial charge in [0.2, 0.25) is 0 Å². The molecule has 0 aliphatic rings. The Balaban J connectivity index is 1.83. The molecule has 0 saturated heterocycles. The van der Waals surface area contributed by atoms with Crippen LogP contribution < -0.4 is 14.9 Å². The van der Waals surface area contributed by atoms with Crippen LogP contribution in [0.2, 0.25) is 0 Å². The van der Waals surface area contributed by atoms with E-state index >= 15 is 0 Å². The van der Waals surface area contributed by atoms with Gasteiger partial charge < -0.3 is 14.6 Å². The molecule has 0 spiro atoms. The van der Waals surface area contributed by atoms with Crippen LogP contribution >= 0.6 is 0 Å². The number of hydrazone groups is 1. The van der Waals surface area contributed by atoms with Gasteiger partial charge in [0, 0.05) is 5.56 Å². The molecule has 3 aromatic carbocycles. The number of nitrogens with zero attached hydrogens (tertiary/aromatic N) is 1. The number of carbonyl (C=O) groups excluding carboxylic acids is 1. The molecule has 27 heavy (non-hydrogen) atoms. The monoisotopic (exact) mass is 364 g/mol. The van der Waals surface area contributed by atoms with E-state index in [4.69, 9.17) is 9.47 Å². The standard InChI is InChI=1S/C21H20N2O4/c1-13(14-8-9-19(26-2)20(12-14)27-3)22-23-21(25)17-10-15-6-4-5-7-16(15)11-18(17)24/h4-12,24H,1-3H3,(H,23,25)/b22-13-. The summed E-state index contributed by atoms with van der Waals surface area (Å²) in [6.07, 6.45) is 0. The number of methoxy groups -OCH3 is 2. The number of hydrogen-bond donors (Lipinski definition) is 2. The molecule has 0 saturated carbocycles. The number of aromatic hydroxyl groups is 1. The third-order valence-corrected chi connectivity index (χ3v) is 4.24. The lowest BCUT2D eigenvalue weighted by atomic mass is 10.1. The van der Waals surface area contributed by atoms with Gasteiger partial charge >= 0.3 is 0 Å². The molecule has 3 aromatic rings. The number of amides is 1. The molecule has 6 heteroatoms. The van der Waals surface area contributed by atoms with Crippen LogP contribution in [0.15, 0.2) is 59.7 Å². The Morgan fingerprint density at radius 1 is 0.963 bits per heavy atom. The summed E-state index contributed by atoms with van der Waals surface area (Å²) in [6, 6.07) is 16.1. The van der Waals surface area contributed by atoms with Crippen molar-refractivity contribution in [3.05, 3.63) is 65.7 Å². The highest BCUT2D eigenvalue weighted by Gasteiger charge is 2.13. The Bertz CT molecular complexity index is 1030. The highest BCUT2D eigenvalue weighted by atomic mass is 16.5. The largest absolute Gasteiger partial charge is 0.507 e. The van der Waals surface area contributed by atoms with E-state index in [9.17, 15) is 9.90 Å². The fourth-order valence-electron chi connectivity index (χ4n) is 2.73. The van der Waals surface area contributed by atoms with Crippen LogP contribution in [0, 0.1) is 0 Å². The van der Waals surface area contributed by atoms with Crippen molar-refractivity contribution in [3.63, 3.8) is 0 Å². The second-order valence-corrected chi connectivity index (χ2v) is 5.92. The summed E-state index contributed by atoms with van der Waals surface area (Å²) in [7, 11) is 3.12. The summed E-state index contributed by atoms with van der Waals surface area (Å²) in [6.45, 7) is 1.77. The van der Waals surface area contributed by atoms with Gasteiger partial charge in [-0.2, -0.15) is 5.10 Å². The first-order valence-electron chi connectivity index (χ1n) is 8.32. The first-order valence-corrected chi connectivity index (χ1v) is 8.32. The number of phenolic OH excluding ortho intramolecular Hbond substituents is 1. The average Bonchev–Trinajstić information content (AvgIpc) is 2.70. The summed E-state index contributed by atoms with van der Waals surface area (Å²) in [4.78, 5) is 12.4. The zero-order valence-corrected chi connectivity index (χ0v) is 15.3. The van der Waals surface area contributed by atoms with Crippen molar-refractivity contribution in [2.75, 3.05) is 14.2 Å². The zero-order valence-electron chi connectivity index (χ0n) is 15.3. The van der Waals surface area contributed by atoms with E-state index in [0.717, 1.165) is 16.3 Å². The summed E-state index contributed by atoms with van der Waals surface area (Å²) in [5.74, 6) is 0.602. The van der Waals surface area contributed by atoms with Crippen LogP contribution in [0.25, 0.3) is 10.8 Å². The molecular formula is C21H20N2O4. The maximum atomic E-state index is 12.4. The molecule has 0 atom stereocenters. The molecule has 0 radical (unpaired) electrons. The van der Waals surface area contributed by atoms with Gasteiger partial charge in [-0.25, -0.2) is 5.43 Å². The van der Waals surface area contributed by atoms with Gasteiger partial charge in [-0.3, -0.25) is 4.79 Å². The summed E-state index contributed by atoms with van der Waals surface area (Å²) in [5.41, 5.74) is 4.01. The molecule has 0 aliphatic carbocycles. The number of fused-ring (bicyclic) bond motifs is 1. The Kier molecular flexibility index (Phi) is 5.26. The van der Waals surface area contributed by atoms with Crippen LogP contribution in [-0.4, -0.2) is 30.9 Å². The number of benzene rings is 3. The van der Waals surface area contributed by atoms with Crippen molar-refractivity contribution in [1.82, 2.24) is 5.43 Å². The van der Waals surface area contributed by atoms with E-state index < -0.39 is 5.91 Å². The van der Waals surface area contributed by atoms with Gasteiger partial charge in [0.05, 0.1) is 25.5 Å². The number of rotatable bonds is 5. The minimum atomic E-state index is -0.488. The van der Waals surface area contributed by atoms with Crippen LogP contribution in [-0.2, 0) is 0 Å². The van der Waals surface area contributed by atoms with Gasteiger partial charge in [0.25, 0.3) is 5.91 Å². The normalized spacial score (nSPS) is 11.3. The zero-order chi connectivity index (χ0) is 19.4. The van der Waals surface area contributed by atoms with E-state index in [2.05, 4.69) is 10.5 Å². The van der Waals surface area contributed by atoms with Gasteiger partial charge in [-0.05, 0) is 48.0 Å². The molecule has 0 unspecified atom stereocenters. The van der Waals surface area contributed by atoms with Gasteiger partial charge in [0.1, 0.15) is 5.75 Å². The molecule has 0 aliphatic heterocycles. The first-order chi connectivity index (χ1) is 13.0. The second-order valence-electron chi connectivity index (χ2n) is 5.92. The average molecular weight is 364 g/mol. The maximum Gasteiger partial charge on any atom is 0.275 e. The van der Waals surface area contributed by atoms with Gasteiger partial charge in [0.15, 0.2) is 11.5 Å². The van der Waals surface area contributed by atoms with E-state index in [1.54, 1.807) is 45.4 Å². The Hall–Kier alpha value is -3.54. The lowest BCUT2D eigenvalue weighted by molar-refractivity contribution is 0.0952. The fourth-order valence-corrected chi connectivity index (χ4v) is 2.73. The minimum Gasteiger partial charge on any atom is -0.507 e. The number of phenols is 1. The third-order valence-electron chi connectivity index (χ3n) is 4.24. The predicted octanol–water partition coefficient (Wildman–Crippen LogP) is 3.72. The van der Waals surface area contributed by atoms with Crippen molar-refractivity contribution in [2.24, 2.45) is 5.10 Å². The Labute approximate surface area is 157 Å². The predicted molar refractivity (Wildman–Crippen MR) is 105 cm³/mol. The Morgan fingerprint density at radius 3 is 2.30 bits per heavy atom. The van der Waals surface area contributed by atoms with Crippen molar-refractivity contribution < 1.29 is 19.4 Å². The lowest BCUT2D eigenvalue weighted by Gasteiger charge is -2.10. The summed E-state index contributed by atoms with van der Waals surface area (Å²) >= 11 is 0. The highest BCUT2D eigenvalue weighted by Crippen LogP contribution is 2.28. The molecule has 2 N–H and O–H groups in total. The molecule has 1 amide bonds. The van der Waals surface area contributed by atoms with Crippen LogP contribution in [0.3, 0.4) is 0 Å². The molecule has 0 heterocycles. The molecule has 138 valence electrons. The van der Waals surface area contributed by atoms with Crippen molar-refractivity contribution in [2.45, 2.75) is 6.92 Å². The van der Waals surface area contributed by atoms with Gasteiger partial charge in [-0.15, -0.1) is 0 Å².